The molecule has 0 aliphatic heterocycles. The zero-order valence-electron chi connectivity index (χ0n) is 20.2. The van der Waals surface area contributed by atoms with Crippen molar-refractivity contribution >= 4 is 17.6 Å². The maximum absolute atomic E-state index is 12.9. The Labute approximate surface area is 196 Å². The van der Waals surface area contributed by atoms with Crippen LogP contribution in [-0.2, 0) is 9.59 Å². The highest BCUT2D eigenvalue weighted by Gasteiger charge is 2.40. The number of anilines is 1. The molecule has 2 saturated carbocycles. The van der Waals surface area contributed by atoms with Gasteiger partial charge < -0.3 is 10.4 Å². The third-order valence-electron chi connectivity index (χ3n) is 6.98. The Morgan fingerprint density at radius 3 is 2.52 bits per heavy atom. The van der Waals surface area contributed by atoms with Gasteiger partial charge in [-0.05, 0) is 69.4 Å². The van der Waals surface area contributed by atoms with Gasteiger partial charge in [-0.15, -0.1) is 5.10 Å². The van der Waals surface area contributed by atoms with Gasteiger partial charge in [-0.3, -0.25) is 9.59 Å². The molecule has 0 radical (unpaired) electrons. The van der Waals surface area contributed by atoms with Crippen LogP contribution >= 0.6 is 0 Å². The first-order chi connectivity index (χ1) is 15.7. The summed E-state index contributed by atoms with van der Waals surface area (Å²) in [6.07, 6.45) is 5.57. The van der Waals surface area contributed by atoms with Crippen LogP contribution in [0.3, 0.4) is 0 Å². The zero-order valence-corrected chi connectivity index (χ0v) is 20.2. The second kappa shape index (κ2) is 9.65. The fraction of sp³-hybridized carbons (Fsp3) is 0.615. The largest absolute Gasteiger partial charge is 0.481 e. The number of rotatable bonds is 10. The van der Waals surface area contributed by atoms with Gasteiger partial charge in [-0.2, -0.15) is 0 Å². The summed E-state index contributed by atoms with van der Waals surface area (Å²) < 4.78 is 2.07. The molecule has 178 valence electrons. The monoisotopic (exact) mass is 452 g/mol. The van der Waals surface area contributed by atoms with E-state index in [-0.39, 0.29) is 18.7 Å². The number of nitrogens with zero attached hydrogens (tertiary/aromatic N) is 3. The van der Waals surface area contributed by atoms with Crippen LogP contribution in [0.15, 0.2) is 18.2 Å². The number of carbonyl (C=O) groups is 2. The molecule has 2 aliphatic carbocycles. The third-order valence-corrected chi connectivity index (χ3v) is 6.98. The van der Waals surface area contributed by atoms with Crippen molar-refractivity contribution < 1.29 is 14.7 Å². The summed E-state index contributed by atoms with van der Waals surface area (Å²) >= 11 is 0. The minimum atomic E-state index is -0.920. The van der Waals surface area contributed by atoms with E-state index < -0.39 is 11.9 Å². The normalized spacial score (nSPS) is 21.0. The van der Waals surface area contributed by atoms with E-state index in [1.165, 1.54) is 6.42 Å². The lowest BCUT2D eigenvalue weighted by molar-refractivity contribution is -0.137. The lowest BCUT2D eigenvalue weighted by Gasteiger charge is -2.37. The Morgan fingerprint density at radius 2 is 1.91 bits per heavy atom. The number of hydrogen-bond acceptors (Lipinski definition) is 4. The molecule has 0 bridgehead atoms. The molecule has 7 nitrogen and oxygen atoms in total. The molecule has 4 rings (SSSR count). The number of hydrogen-bond donors (Lipinski definition) is 2. The number of nitrogens with one attached hydrogen (secondary N) is 1. The maximum Gasteiger partial charge on any atom is 0.304 e. The molecule has 2 aromatic rings. The molecule has 1 amide bonds. The molecule has 1 atom stereocenters. The van der Waals surface area contributed by atoms with Gasteiger partial charge in [0.05, 0.1) is 23.9 Å². The molecule has 1 aromatic heterocycles. The summed E-state index contributed by atoms with van der Waals surface area (Å²) in [5.41, 5.74) is 4.67. The van der Waals surface area contributed by atoms with Crippen molar-refractivity contribution in [2.75, 3.05) is 5.32 Å². The van der Waals surface area contributed by atoms with Gasteiger partial charge in [0.25, 0.3) is 0 Å². The SMILES string of the molecule is Cc1ccc(NC(=O)C[C@H](CC(=O)O)c2nnn([C@H]3C[C@@H](CC(C)C)C3)c2C2CC2)c(C)c1. The predicted octanol–water partition coefficient (Wildman–Crippen LogP) is 5.36. The van der Waals surface area contributed by atoms with Crippen molar-refractivity contribution in [1.29, 1.82) is 0 Å². The van der Waals surface area contributed by atoms with Crippen LogP contribution < -0.4 is 5.32 Å². The summed E-state index contributed by atoms with van der Waals surface area (Å²) in [5, 5.41) is 21.5. The van der Waals surface area contributed by atoms with Gasteiger partial charge in [-0.1, -0.05) is 36.8 Å². The lowest BCUT2D eigenvalue weighted by atomic mass is 9.75. The first-order valence-electron chi connectivity index (χ1n) is 12.2. The fourth-order valence-corrected chi connectivity index (χ4v) is 5.24. The highest BCUT2D eigenvalue weighted by molar-refractivity contribution is 5.92. The molecular formula is C26H36N4O3. The Morgan fingerprint density at radius 1 is 1.18 bits per heavy atom. The van der Waals surface area contributed by atoms with E-state index in [0.29, 0.717) is 23.6 Å². The predicted molar refractivity (Wildman–Crippen MR) is 127 cm³/mol. The van der Waals surface area contributed by atoms with E-state index in [0.717, 1.165) is 54.1 Å². The standard InChI is InChI=1S/C26H36N4O3/c1-15(2)9-18-11-21(12-18)30-26(19-6-7-19)25(28-29-30)20(14-24(32)33)13-23(31)27-22-8-5-16(3)10-17(22)4/h5,8,10,15,18-21H,6-7,9,11-14H2,1-4H3,(H,27,31)(H,32,33)/t18-,20-,21+/m1/s1. The summed E-state index contributed by atoms with van der Waals surface area (Å²) in [6, 6.07) is 6.22. The van der Waals surface area contributed by atoms with Crippen LogP contribution in [0.1, 0.15) is 99.2 Å². The smallest absolute Gasteiger partial charge is 0.304 e. The van der Waals surface area contributed by atoms with Gasteiger partial charge in [-0.25, -0.2) is 4.68 Å². The van der Waals surface area contributed by atoms with Crippen LogP contribution in [0, 0.1) is 25.7 Å². The minimum absolute atomic E-state index is 0.0820. The van der Waals surface area contributed by atoms with Crippen molar-refractivity contribution in [2.24, 2.45) is 11.8 Å². The average molecular weight is 453 g/mol. The molecule has 2 aliphatic rings. The van der Waals surface area contributed by atoms with E-state index in [1.54, 1.807) is 0 Å². The summed E-state index contributed by atoms with van der Waals surface area (Å²) in [4.78, 5) is 24.6. The number of aromatic nitrogens is 3. The number of aliphatic carboxylic acids is 1. The van der Waals surface area contributed by atoms with E-state index in [4.69, 9.17) is 0 Å². The van der Waals surface area contributed by atoms with Crippen LogP contribution in [-0.4, -0.2) is 32.0 Å². The first-order valence-corrected chi connectivity index (χ1v) is 12.2. The second-order valence-corrected chi connectivity index (χ2v) is 10.6. The number of carboxylic acid groups (broad SMARTS) is 1. The molecule has 0 unspecified atom stereocenters. The van der Waals surface area contributed by atoms with Crippen molar-refractivity contribution in [1.82, 2.24) is 15.0 Å². The highest BCUT2D eigenvalue weighted by Crippen LogP contribution is 2.48. The lowest BCUT2D eigenvalue weighted by Crippen LogP contribution is -2.29. The molecule has 0 spiro atoms. The van der Waals surface area contributed by atoms with Crippen LogP contribution in [0.2, 0.25) is 0 Å². The highest BCUT2D eigenvalue weighted by atomic mass is 16.4. The molecule has 0 saturated heterocycles. The summed E-state index contributed by atoms with van der Waals surface area (Å²) in [6.45, 7) is 8.49. The summed E-state index contributed by atoms with van der Waals surface area (Å²) in [7, 11) is 0. The van der Waals surface area contributed by atoms with Crippen molar-refractivity contribution in [3.8, 4) is 0 Å². The number of aryl methyl sites for hydroxylation is 2. The first kappa shape index (κ1) is 23.5. The topological polar surface area (TPSA) is 97.1 Å². The number of benzene rings is 1. The van der Waals surface area contributed by atoms with Gasteiger partial charge in [0.2, 0.25) is 5.91 Å². The van der Waals surface area contributed by atoms with Gasteiger partial charge in [0, 0.05) is 23.9 Å². The van der Waals surface area contributed by atoms with Gasteiger partial charge in [0.1, 0.15) is 0 Å². The molecule has 1 heterocycles. The van der Waals surface area contributed by atoms with E-state index >= 15 is 0 Å². The molecule has 33 heavy (non-hydrogen) atoms. The van der Waals surface area contributed by atoms with Crippen LogP contribution in [0.5, 0.6) is 0 Å². The second-order valence-electron chi connectivity index (χ2n) is 10.6. The number of carbonyl (C=O) groups excluding carboxylic acids is 1. The fourth-order valence-electron chi connectivity index (χ4n) is 5.24. The van der Waals surface area contributed by atoms with Crippen LogP contribution in [0.25, 0.3) is 0 Å². The molecular weight excluding hydrogens is 416 g/mol. The van der Waals surface area contributed by atoms with Crippen molar-refractivity contribution in [3.63, 3.8) is 0 Å². The number of amides is 1. The maximum atomic E-state index is 12.9. The van der Waals surface area contributed by atoms with Gasteiger partial charge in [0.15, 0.2) is 0 Å². The Kier molecular flexibility index (Phi) is 6.86. The number of carboxylic acids is 1. The van der Waals surface area contributed by atoms with E-state index in [9.17, 15) is 14.7 Å². The summed E-state index contributed by atoms with van der Waals surface area (Å²) in [5.74, 6) is 0.220. The minimum Gasteiger partial charge on any atom is -0.481 e. The molecule has 2 fully saturated rings. The Hall–Kier alpha value is -2.70. The Bertz CT molecular complexity index is 1020. The Balaban J connectivity index is 1.52. The van der Waals surface area contributed by atoms with E-state index in [1.807, 2.05) is 32.0 Å². The molecule has 2 N–H and O–H groups in total. The zero-order chi connectivity index (χ0) is 23.7. The average Bonchev–Trinajstić information content (AvgIpc) is 3.44. The molecule has 7 heteroatoms. The van der Waals surface area contributed by atoms with Crippen molar-refractivity contribution in [3.05, 3.63) is 40.7 Å². The van der Waals surface area contributed by atoms with Crippen LogP contribution in [0.4, 0.5) is 5.69 Å². The molecule has 1 aromatic carbocycles. The van der Waals surface area contributed by atoms with E-state index in [2.05, 4.69) is 34.2 Å². The van der Waals surface area contributed by atoms with Gasteiger partial charge >= 0.3 is 5.97 Å². The quantitative estimate of drug-likeness (QED) is 0.506. The third kappa shape index (κ3) is 5.63. The van der Waals surface area contributed by atoms with Crippen molar-refractivity contribution in [2.45, 2.75) is 90.5 Å².